The van der Waals surface area contributed by atoms with Gasteiger partial charge in [0.25, 0.3) is 11.1 Å². The van der Waals surface area contributed by atoms with Gasteiger partial charge in [0.1, 0.15) is 17.1 Å². The molecular weight excluding hydrogens is 395 g/mol. The molecule has 1 N–H and O–H groups in total. The van der Waals surface area contributed by atoms with E-state index in [1.54, 1.807) is 12.1 Å². The molecule has 1 heterocycles. The van der Waals surface area contributed by atoms with Crippen molar-refractivity contribution in [3.05, 3.63) is 53.3 Å². The number of anilines is 1. The topological polar surface area (TPSA) is 81.4 Å². The summed E-state index contributed by atoms with van der Waals surface area (Å²) in [5, 5.41) is 2.88. The summed E-state index contributed by atoms with van der Waals surface area (Å²) in [6, 6.07) is 11.1. The smallest absolute Gasteiger partial charge is 0.317 e. The van der Waals surface area contributed by atoms with Crippen molar-refractivity contribution in [3.8, 4) is 0 Å². The quantitative estimate of drug-likeness (QED) is 0.484. The van der Waals surface area contributed by atoms with Crippen molar-refractivity contribution >= 4 is 52.0 Å². The SMILES string of the molecule is C[C@@H](OC(=O)CSc1nc2ccccc2o1)C(=O)Nc1ccc(Cl)cc1F. The van der Waals surface area contributed by atoms with Crippen LogP contribution in [0.2, 0.25) is 5.02 Å². The number of halogens is 2. The van der Waals surface area contributed by atoms with Gasteiger partial charge in [0.2, 0.25) is 0 Å². The number of thioether (sulfide) groups is 1. The maximum atomic E-state index is 13.7. The number of fused-ring (bicyclic) bond motifs is 1. The van der Waals surface area contributed by atoms with E-state index < -0.39 is 23.8 Å². The lowest BCUT2D eigenvalue weighted by Gasteiger charge is -2.13. The number of oxazole rings is 1. The van der Waals surface area contributed by atoms with Crippen LogP contribution in [0.15, 0.2) is 52.1 Å². The third-order valence-corrected chi connectivity index (χ3v) is 4.49. The van der Waals surface area contributed by atoms with Gasteiger partial charge in [-0.05, 0) is 37.3 Å². The molecule has 6 nitrogen and oxygen atoms in total. The number of carbonyl (C=O) groups excluding carboxylic acids is 2. The molecule has 0 aliphatic carbocycles. The van der Waals surface area contributed by atoms with Crippen molar-refractivity contribution in [2.24, 2.45) is 0 Å². The molecule has 1 atom stereocenters. The Morgan fingerprint density at radius 2 is 2.11 bits per heavy atom. The predicted molar refractivity (Wildman–Crippen MR) is 100 cm³/mol. The predicted octanol–water partition coefficient (Wildman–Crippen LogP) is 4.28. The first-order valence-corrected chi connectivity index (χ1v) is 9.22. The van der Waals surface area contributed by atoms with Crippen molar-refractivity contribution in [2.45, 2.75) is 18.3 Å². The Hall–Kier alpha value is -2.58. The van der Waals surface area contributed by atoms with Gasteiger partial charge in [-0.1, -0.05) is 35.5 Å². The van der Waals surface area contributed by atoms with Crippen LogP contribution in [0.25, 0.3) is 11.1 Å². The third-order valence-electron chi connectivity index (χ3n) is 3.45. The van der Waals surface area contributed by atoms with Crippen LogP contribution in [0, 0.1) is 5.82 Å². The molecule has 0 radical (unpaired) electrons. The van der Waals surface area contributed by atoms with E-state index in [1.165, 1.54) is 19.1 Å². The fraction of sp³-hybridized carbons (Fsp3) is 0.167. The molecule has 0 bridgehead atoms. The van der Waals surface area contributed by atoms with Gasteiger partial charge in [-0.3, -0.25) is 9.59 Å². The van der Waals surface area contributed by atoms with E-state index in [1.807, 2.05) is 12.1 Å². The number of aromatic nitrogens is 1. The van der Waals surface area contributed by atoms with Gasteiger partial charge in [-0.15, -0.1) is 0 Å². The zero-order chi connectivity index (χ0) is 19.4. The number of ether oxygens (including phenoxy) is 1. The highest BCUT2D eigenvalue weighted by molar-refractivity contribution is 7.99. The minimum atomic E-state index is -1.10. The maximum absolute atomic E-state index is 13.7. The fourth-order valence-electron chi connectivity index (χ4n) is 2.14. The molecule has 0 saturated carbocycles. The van der Waals surface area contributed by atoms with Crippen molar-refractivity contribution in [3.63, 3.8) is 0 Å². The third kappa shape index (κ3) is 4.99. The molecule has 1 amide bonds. The molecule has 0 unspecified atom stereocenters. The number of nitrogens with zero attached hydrogens (tertiary/aromatic N) is 1. The summed E-state index contributed by atoms with van der Waals surface area (Å²) in [5.41, 5.74) is 1.25. The van der Waals surface area contributed by atoms with E-state index in [2.05, 4.69) is 10.3 Å². The molecule has 2 aromatic carbocycles. The van der Waals surface area contributed by atoms with E-state index in [0.717, 1.165) is 17.8 Å². The monoisotopic (exact) mass is 408 g/mol. The normalized spacial score (nSPS) is 12.0. The zero-order valence-corrected chi connectivity index (χ0v) is 15.6. The zero-order valence-electron chi connectivity index (χ0n) is 14.1. The van der Waals surface area contributed by atoms with Crippen LogP contribution >= 0.6 is 23.4 Å². The van der Waals surface area contributed by atoms with E-state index in [0.29, 0.717) is 16.3 Å². The lowest BCUT2D eigenvalue weighted by atomic mass is 10.3. The molecular formula is C18H14ClFN2O4S. The lowest BCUT2D eigenvalue weighted by molar-refractivity contribution is -0.150. The van der Waals surface area contributed by atoms with Crippen LogP contribution in [0.3, 0.4) is 0 Å². The van der Waals surface area contributed by atoms with Gasteiger partial charge in [0.05, 0.1) is 5.69 Å². The Kier molecular flexibility index (Phi) is 5.98. The summed E-state index contributed by atoms with van der Waals surface area (Å²) >= 11 is 6.72. The van der Waals surface area contributed by atoms with Crippen molar-refractivity contribution in [2.75, 3.05) is 11.1 Å². The Labute approximate surface area is 163 Å². The first-order valence-electron chi connectivity index (χ1n) is 7.86. The van der Waals surface area contributed by atoms with Crippen LogP contribution in [0.4, 0.5) is 10.1 Å². The van der Waals surface area contributed by atoms with Crippen molar-refractivity contribution < 1.29 is 23.1 Å². The Bertz CT molecular complexity index is 961. The van der Waals surface area contributed by atoms with Crippen LogP contribution in [-0.4, -0.2) is 28.7 Å². The van der Waals surface area contributed by atoms with Crippen LogP contribution in [0.5, 0.6) is 0 Å². The molecule has 9 heteroatoms. The standard InChI is InChI=1S/C18H14ClFN2O4S/c1-10(17(24)21-13-7-6-11(19)8-12(13)20)25-16(23)9-27-18-22-14-4-2-3-5-15(14)26-18/h2-8,10H,9H2,1H3,(H,21,24)/t10-/m1/s1. The summed E-state index contributed by atoms with van der Waals surface area (Å²) in [7, 11) is 0. The number of hydrogen-bond acceptors (Lipinski definition) is 6. The molecule has 0 saturated heterocycles. The number of amides is 1. The average molecular weight is 409 g/mol. The molecule has 1 aromatic heterocycles. The van der Waals surface area contributed by atoms with Gasteiger partial charge >= 0.3 is 5.97 Å². The van der Waals surface area contributed by atoms with Crippen LogP contribution in [-0.2, 0) is 14.3 Å². The molecule has 0 spiro atoms. The highest BCUT2D eigenvalue weighted by atomic mass is 35.5. The number of benzene rings is 2. The fourth-order valence-corrected chi connectivity index (χ4v) is 2.92. The minimum absolute atomic E-state index is 0.0480. The van der Waals surface area contributed by atoms with E-state index in [9.17, 15) is 14.0 Å². The first-order chi connectivity index (χ1) is 12.9. The largest absolute Gasteiger partial charge is 0.452 e. The molecule has 140 valence electrons. The summed E-state index contributed by atoms with van der Waals surface area (Å²) in [4.78, 5) is 28.2. The van der Waals surface area contributed by atoms with Gasteiger partial charge < -0.3 is 14.5 Å². The van der Waals surface area contributed by atoms with Gasteiger partial charge in [-0.2, -0.15) is 0 Å². The van der Waals surface area contributed by atoms with E-state index in [-0.39, 0.29) is 16.5 Å². The van der Waals surface area contributed by atoms with Gasteiger partial charge in [-0.25, -0.2) is 9.37 Å². The highest BCUT2D eigenvalue weighted by Crippen LogP contribution is 2.23. The molecule has 0 fully saturated rings. The lowest BCUT2D eigenvalue weighted by Crippen LogP contribution is -2.30. The molecule has 0 aliphatic heterocycles. The minimum Gasteiger partial charge on any atom is -0.452 e. The second-order valence-corrected chi connectivity index (χ2v) is 6.84. The summed E-state index contributed by atoms with van der Waals surface area (Å²) in [6.07, 6.45) is -1.10. The average Bonchev–Trinajstić information content (AvgIpc) is 3.05. The second kappa shape index (κ2) is 8.41. The van der Waals surface area contributed by atoms with Crippen LogP contribution in [0.1, 0.15) is 6.92 Å². The number of rotatable bonds is 6. The Morgan fingerprint density at radius 3 is 2.85 bits per heavy atom. The number of carbonyl (C=O) groups is 2. The van der Waals surface area contributed by atoms with Gasteiger partial charge in [0.15, 0.2) is 11.7 Å². The maximum Gasteiger partial charge on any atom is 0.317 e. The summed E-state index contributed by atoms with van der Waals surface area (Å²) in [5.74, 6) is -2.04. The molecule has 27 heavy (non-hydrogen) atoms. The number of nitrogens with one attached hydrogen (secondary N) is 1. The van der Waals surface area contributed by atoms with Crippen molar-refractivity contribution in [1.82, 2.24) is 4.98 Å². The summed E-state index contributed by atoms with van der Waals surface area (Å²) < 4.78 is 24.2. The van der Waals surface area contributed by atoms with E-state index >= 15 is 0 Å². The number of esters is 1. The van der Waals surface area contributed by atoms with Gasteiger partial charge in [0, 0.05) is 5.02 Å². The highest BCUT2D eigenvalue weighted by Gasteiger charge is 2.20. The van der Waals surface area contributed by atoms with E-state index in [4.69, 9.17) is 20.8 Å². The Balaban J connectivity index is 1.51. The van der Waals surface area contributed by atoms with Crippen molar-refractivity contribution in [1.29, 1.82) is 0 Å². The second-order valence-electron chi connectivity index (χ2n) is 5.48. The number of para-hydroxylation sites is 2. The molecule has 0 aliphatic rings. The molecule has 3 aromatic rings. The Morgan fingerprint density at radius 1 is 1.33 bits per heavy atom. The van der Waals surface area contributed by atoms with Crippen LogP contribution < -0.4 is 5.32 Å². The molecule has 3 rings (SSSR count). The summed E-state index contributed by atoms with van der Waals surface area (Å²) in [6.45, 7) is 1.39. The first kappa shape index (κ1) is 19.2. The number of hydrogen-bond donors (Lipinski definition) is 1.